The van der Waals surface area contributed by atoms with E-state index in [1.165, 1.54) is 0 Å². The molecule has 2 unspecified atom stereocenters. The Kier molecular flexibility index (Phi) is 4.12. The quantitative estimate of drug-likeness (QED) is 0.711. The first-order valence-electron chi connectivity index (χ1n) is 4.80. The SMILES string of the molecule is CC1=CCC(C(=CF)C(F)CF)CC1=O. The van der Waals surface area contributed by atoms with Crippen LogP contribution in [0.25, 0.3) is 0 Å². The van der Waals surface area contributed by atoms with E-state index in [9.17, 15) is 18.0 Å². The van der Waals surface area contributed by atoms with E-state index in [4.69, 9.17) is 0 Å². The standard InChI is InChI=1S/C11H13F3O/c1-7-2-3-8(4-11(7)15)9(5-12)10(14)6-13/h2,5,8,10H,3-4,6H2,1H3. The van der Waals surface area contributed by atoms with E-state index >= 15 is 0 Å². The molecular formula is C11H13F3O. The molecule has 0 aliphatic heterocycles. The van der Waals surface area contributed by atoms with Crippen LogP contribution in [0, 0.1) is 5.92 Å². The molecule has 0 aromatic carbocycles. The van der Waals surface area contributed by atoms with Crippen LogP contribution < -0.4 is 0 Å². The average molecular weight is 218 g/mol. The summed E-state index contributed by atoms with van der Waals surface area (Å²) in [7, 11) is 0. The van der Waals surface area contributed by atoms with Crippen LogP contribution in [0.5, 0.6) is 0 Å². The Labute approximate surface area is 86.7 Å². The molecule has 2 atom stereocenters. The zero-order valence-electron chi connectivity index (χ0n) is 8.47. The first-order valence-corrected chi connectivity index (χ1v) is 4.80. The van der Waals surface area contributed by atoms with Crippen LogP contribution >= 0.6 is 0 Å². The molecule has 0 N–H and O–H groups in total. The number of alkyl halides is 2. The number of halogens is 3. The Morgan fingerprint density at radius 3 is 2.87 bits per heavy atom. The van der Waals surface area contributed by atoms with Gasteiger partial charge < -0.3 is 0 Å². The molecule has 1 rings (SSSR count). The first-order chi connectivity index (χ1) is 7.10. The van der Waals surface area contributed by atoms with Crippen molar-refractivity contribution in [2.45, 2.75) is 25.9 Å². The fraction of sp³-hybridized carbons (Fsp3) is 0.545. The van der Waals surface area contributed by atoms with Crippen LogP contribution in [0.4, 0.5) is 13.2 Å². The lowest BCUT2D eigenvalue weighted by Gasteiger charge is -2.22. The van der Waals surface area contributed by atoms with Gasteiger partial charge >= 0.3 is 0 Å². The summed E-state index contributed by atoms with van der Waals surface area (Å²) in [6.07, 6.45) is 0.271. The van der Waals surface area contributed by atoms with Gasteiger partial charge in [0.1, 0.15) is 6.67 Å². The molecule has 0 aromatic heterocycles. The highest BCUT2D eigenvalue weighted by molar-refractivity contribution is 5.95. The van der Waals surface area contributed by atoms with Crippen molar-refractivity contribution in [2.24, 2.45) is 5.92 Å². The molecule has 4 heteroatoms. The van der Waals surface area contributed by atoms with Crippen LogP contribution in [0.15, 0.2) is 23.6 Å². The maximum Gasteiger partial charge on any atom is 0.158 e. The van der Waals surface area contributed by atoms with Crippen LogP contribution in [0.3, 0.4) is 0 Å². The number of carbonyl (C=O) groups is 1. The molecule has 1 aliphatic rings. The summed E-state index contributed by atoms with van der Waals surface area (Å²) in [6.45, 7) is 0.419. The van der Waals surface area contributed by atoms with Crippen molar-refractivity contribution < 1.29 is 18.0 Å². The maximum absolute atomic E-state index is 13.0. The molecule has 0 radical (unpaired) electrons. The van der Waals surface area contributed by atoms with E-state index in [0.29, 0.717) is 12.0 Å². The molecule has 0 heterocycles. The summed E-state index contributed by atoms with van der Waals surface area (Å²) in [4.78, 5) is 11.3. The number of Topliss-reactive ketones (excluding diaryl/α,β-unsaturated/α-hetero) is 1. The van der Waals surface area contributed by atoms with Crippen molar-refractivity contribution in [3.05, 3.63) is 23.6 Å². The van der Waals surface area contributed by atoms with Gasteiger partial charge in [-0.1, -0.05) is 6.08 Å². The van der Waals surface area contributed by atoms with Crippen molar-refractivity contribution in [1.29, 1.82) is 0 Å². The second kappa shape index (κ2) is 5.14. The van der Waals surface area contributed by atoms with Gasteiger partial charge in [0.05, 0.1) is 6.33 Å². The molecule has 1 aliphatic carbocycles. The van der Waals surface area contributed by atoms with E-state index < -0.39 is 18.8 Å². The van der Waals surface area contributed by atoms with Crippen molar-refractivity contribution in [3.63, 3.8) is 0 Å². The zero-order valence-corrected chi connectivity index (χ0v) is 8.47. The normalized spacial score (nSPS) is 25.1. The topological polar surface area (TPSA) is 17.1 Å². The first kappa shape index (κ1) is 12.0. The summed E-state index contributed by atoms with van der Waals surface area (Å²) >= 11 is 0. The van der Waals surface area contributed by atoms with E-state index in [1.54, 1.807) is 13.0 Å². The molecular weight excluding hydrogens is 205 g/mol. The number of allylic oxidation sites excluding steroid dienone is 3. The fourth-order valence-corrected chi connectivity index (χ4v) is 1.66. The predicted octanol–water partition coefficient (Wildman–Crippen LogP) is 3.07. The van der Waals surface area contributed by atoms with Gasteiger partial charge in [-0.25, -0.2) is 13.2 Å². The maximum atomic E-state index is 13.0. The third-order valence-corrected chi connectivity index (χ3v) is 2.67. The Bertz CT molecular complexity index is 307. The van der Waals surface area contributed by atoms with Gasteiger partial charge in [0, 0.05) is 6.42 Å². The monoisotopic (exact) mass is 218 g/mol. The summed E-state index contributed by atoms with van der Waals surface area (Å²) in [5.74, 6) is -0.659. The zero-order chi connectivity index (χ0) is 11.4. The Hall–Kier alpha value is -1.06. The molecule has 0 spiro atoms. The van der Waals surface area contributed by atoms with Gasteiger partial charge in [0.15, 0.2) is 12.0 Å². The van der Waals surface area contributed by atoms with Gasteiger partial charge in [-0.3, -0.25) is 4.79 Å². The van der Waals surface area contributed by atoms with Crippen molar-refractivity contribution >= 4 is 5.78 Å². The number of hydrogen-bond donors (Lipinski definition) is 0. The molecule has 0 amide bonds. The lowest BCUT2D eigenvalue weighted by atomic mass is 9.83. The van der Waals surface area contributed by atoms with E-state index in [2.05, 4.69) is 0 Å². The summed E-state index contributed by atoms with van der Waals surface area (Å²) in [5.41, 5.74) is 0.370. The second-order valence-corrected chi connectivity index (χ2v) is 3.68. The van der Waals surface area contributed by atoms with Gasteiger partial charge in [-0.15, -0.1) is 0 Å². The fourth-order valence-electron chi connectivity index (χ4n) is 1.66. The number of hydrogen-bond acceptors (Lipinski definition) is 1. The third-order valence-electron chi connectivity index (χ3n) is 2.67. The minimum atomic E-state index is -1.93. The average Bonchev–Trinajstić information content (AvgIpc) is 2.24. The minimum Gasteiger partial charge on any atom is -0.295 e. The van der Waals surface area contributed by atoms with Crippen LogP contribution in [0.1, 0.15) is 19.8 Å². The van der Waals surface area contributed by atoms with Crippen molar-refractivity contribution in [1.82, 2.24) is 0 Å². The molecule has 0 bridgehead atoms. The van der Waals surface area contributed by atoms with Crippen LogP contribution in [-0.4, -0.2) is 18.6 Å². The van der Waals surface area contributed by atoms with E-state index in [-0.39, 0.29) is 24.1 Å². The van der Waals surface area contributed by atoms with E-state index in [0.717, 1.165) is 0 Å². The number of ketones is 1. The van der Waals surface area contributed by atoms with Gasteiger partial charge in [0.25, 0.3) is 0 Å². The van der Waals surface area contributed by atoms with Gasteiger partial charge in [-0.05, 0) is 30.4 Å². The Morgan fingerprint density at radius 1 is 1.73 bits per heavy atom. The van der Waals surface area contributed by atoms with Crippen molar-refractivity contribution in [2.75, 3.05) is 6.67 Å². The molecule has 0 aromatic rings. The highest BCUT2D eigenvalue weighted by Gasteiger charge is 2.27. The highest BCUT2D eigenvalue weighted by atomic mass is 19.2. The van der Waals surface area contributed by atoms with E-state index in [1.807, 2.05) is 0 Å². The second-order valence-electron chi connectivity index (χ2n) is 3.68. The third kappa shape index (κ3) is 2.70. The Morgan fingerprint density at radius 2 is 2.40 bits per heavy atom. The smallest absolute Gasteiger partial charge is 0.158 e. The highest BCUT2D eigenvalue weighted by Crippen LogP contribution is 2.30. The molecule has 0 fully saturated rings. The molecule has 84 valence electrons. The predicted molar refractivity (Wildman–Crippen MR) is 51.6 cm³/mol. The summed E-state index contributed by atoms with van der Waals surface area (Å²) < 4.78 is 37.5. The van der Waals surface area contributed by atoms with Gasteiger partial charge in [-0.2, -0.15) is 0 Å². The molecule has 1 nitrogen and oxygen atoms in total. The van der Waals surface area contributed by atoms with Gasteiger partial charge in [0.2, 0.25) is 0 Å². The molecule has 0 saturated heterocycles. The number of carbonyl (C=O) groups excluding carboxylic acids is 1. The Balaban J connectivity index is 2.78. The van der Waals surface area contributed by atoms with Crippen LogP contribution in [-0.2, 0) is 4.79 Å². The lowest BCUT2D eigenvalue weighted by Crippen LogP contribution is -2.22. The lowest BCUT2D eigenvalue weighted by molar-refractivity contribution is -0.116. The number of rotatable bonds is 3. The summed E-state index contributed by atoms with van der Waals surface area (Å²) in [6, 6.07) is 0. The van der Waals surface area contributed by atoms with Crippen LogP contribution in [0.2, 0.25) is 0 Å². The molecule has 0 saturated carbocycles. The minimum absolute atomic E-state index is 0.0680. The molecule has 15 heavy (non-hydrogen) atoms. The largest absolute Gasteiger partial charge is 0.295 e. The summed E-state index contributed by atoms with van der Waals surface area (Å²) in [5, 5.41) is 0. The van der Waals surface area contributed by atoms with Crippen molar-refractivity contribution in [3.8, 4) is 0 Å².